The highest BCUT2D eigenvalue weighted by atomic mass is 15.0. The lowest BCUT2D eigenvalue weighted by molar-refractivity contribution is 0.937. The van der Waals surface area contributed by atoms with Crippen LogP contribution in [0.15, 0.2) is 48.7 Å². The molecular formula is C12H13N. The summed E-state index contributed by atoms with van der Waals surface area (Å²) in [6, 6.07) is 14.7. The minimum atomic E-state index is 1.07. The first-order chi connectivity index (χ1) is 6.42. The predicted octanol–water partition coefficient (Wildman–Crippen LogP) is 3.04. The molecule has 1 heteroatoms. The zero-order chi connectivity index (χ0) is 9.10. The summed E-state index contributed by atoms with van der Waals surface area (Å²) in [5, 5.41) is 0. The van der Waals surface area contributed by atoms with Crippen molar-refractivity contribution in [2.75, 3.05) is 0 Å². The molecule has 2 rings (SSSR count). The fraction of sp³-hybridized carbons (Fsp3) is 0.167. The molecule has 0 saturated heterocycles. The number of benzene rings is 1. The number of nitrogens with zero attached hydrogens (tertiary/aromatic N) is 1. The number of hydrogen-bond acceptors (Lipinski definition) is 0. The number of hydrogen-bond donors (Lipinski definition) is 0. The molecule has 1 aromatic carbocycles. The predicted molar refractivity (Wildman–Crippen MR) is 55.1 cm³/mol. The Labute approximate surface area is 78.6 Å². The van der Waals surface area contributed by atoms with Crippen LogP contribution in [0, 0.1) is 0 Å². The van der Waals surface area contributed by atoms with E-state index >= 15 is 0 Å². The van der Waals surface area contributed by atoms with Crippen LogP contribution in [0.2, 0.25) is 0 Å². The SMILES string of the molecule is CCc1cccn1-c1ccccc1. The molecule has 13 heavy (non-hydrogen) atoms. The molecule has 66 valence electrons. The van der Waals surface area contributed by atoms with Crippen molar-refractivity contribution >= 4 is 0 Å². The zero-order valence-electron chi connectivity index (χ0n) is 7.77. The molecule has 1 nitrogen and oxygen atoms in total. The maximum Gasteiger partial charge on any atom is 0.0452 e. The average molecular weight is 171 g/mol. The molecule has 2 aromatic rings. The van der Waals surface area contributed by atoms with Crippen LogP contribution >= 0.6 is 0 Å². The van der Waals surface area contributed by atoms with Gasteiger partial charge in [-0.15, -0.1) is 0 Å². The first-order valence-electron chi connectivity index (χ1n) is 4.63. The van der Waals surface area contributed by atoms with Gasteiger partial charge in [-0.25, -0.2) is 0 Å². The molecule has 0 spiro atoms. The summed E-state index contributed by atoms with van der Waals surface area (Å²) in [4.78, 5) is 0. The summed E-state index contributed by atoms with van der Waals surface area (Å²) in [5.41, 5.74) is 2.59. The van der Waals surface area contributed by atoms with Gasteiger partial charge in [0.2, 0.25) is 0 Å². The maximum atomic E-state index is 2.22. The third-order valence-corrected chi connectivity index (χ3v) is 2.23. The van der Waals surface area contributed by atoms with Crippen LogP contribution in [0.4, 0.5) is 0 Å². The van der Waals surface area contributed by atoms with Crippen molar-refractivity contribution in [1.82, 2.24) is 4.57 Å². The van der Waals surface area contributed by atoms with E-state index < -0.39 is 0 Å². The topological polar surface area (TPSA) is 4.93 Å². The van der Waals surface area contributed by atoms with E-state index in [1.165, 1.54) is 11.4 Å². The summed E-state index contributed by atoms with van der Waals surface area (Å²) in [6.07, 6.45) is 3.18. The Hall–Kier alpha value is -1.50. The van der Waals surface area contributed by atoms with Crippen molar-refractivity contribution in [3.63, 3.8) is 0 Å². The van der Waals surface area contributed by atoms with Crippen molar-refractivity contribution in [2.45, 2.75) is 13.3 Å². The largest absolute Gasteiger partial charge is 0.321 e. The molecule has 0 aliphatic heterocycles. The highest BCUT2D eigenvalue weighted by molar-refractivity contribution is 5.34. The van der Waals surface area contributed by atoms with Crippen molar-refractivity contribution in [3.8, 4) is 5.69 Å². The zero-order valence-corrected chi connectivity index (χ0v) is 7.77. The molecule has 0 N–H and O–H groups in total. The summed E-state index contributed by atoms with van der Waals surface area (Å²) >= 11 is 0. The molecule has 0 amide bonds. The first-order valence-corrected chi connectivity index (χ1v) is 4.63. The highest BCUT2D eigenvalue weighted by Gasteiger charge is 1.98. The van der Waals surface area contributed by atoms with Gasteiger partial charge in [0.05, 0.1) is 0 Å². The van der Waals surface area contributed by atoms with Crippen LogP contribution in [0.3, 0.4) is 0 Å². The fourth-order valence-electron chi connectivity index (χ4n) is 1.54. The van der Waals surface area contributed by atoms with Gasteiger partial charge in [0.15, 0.2) is 0 Å². The highest BCUT2D eigenvalue weighted by Crippen LogP contribution is 2.12. The van der Waals surface area contributed by atoms with E-state index in [1.54, 1.807) is 0 Å². The molecule has 0 unspecified atom stereocenters. The Morgan fingerprint density at radius 1 is 1.00 bits per heavy atom. The fourth-order valence-corrected chi connectivity index (χ4v) is 1.54. The standard InChI is InChI=1S/C12H13N/c1-2-11-9-6-10-13(11)12-7-4-3-5-8-12/h3-10H,2H2,1H3. The molecular weight excluding hydrogens is 158 g/mol. The quantitative estimate of drug-likeness (QED) is 0.654. The number of aryl methyl sites for hydroxylation is 1. The third kappa shape index (κ3) is 1.50. The number of rotatable bonds is 2. The maximum absolute atomic E-state index is 2.22. The summed E-state index contributed by atoms with van der Waals surface area (Å²) in [7, 11) is 0. The molecule has 0 radical (unpaired) electrons. The molecule has 0 aliphatic rings. The van der Waals surface area contributed by atoms with Gasteiger partial charge in [0.1, 0.15) is 0 Å². The van der Waals surface area contributed by atoms with Crippen LogP contribution in [-0.4, -0.2) is 4.57 Å². The lowest BCUT2D eigenvalue weighted by atomic mass is 10.3. The second-order valence-corrected chi connectivity index (χ2v) is 3.06. The summed E-state index contributed by atoms with van der Waals surface area (Å²) < 4.78 is 2.22. The van der Waals surface area contributed by atoms with Crippen LogP contribution in [0.5, 0.6) is 0 Å². The Morgan fingerprint density at radius 3 is 2.46 bits per heavy atom. The minimum Gasteiger partial charge on any atom is -0.321 e. The van der Waals surface area contributed by atoms with Crippen LogP contribution in [0.1, 0.15) is 12.6 Å². The van der Waals surface area contributed by atoms with Crippen molar-refractivity contribution in [1.29, 1.82) is 0 Å². The van der Waals surface area contributed by atoms with Gasteiger partial charge in [0.25, 0.3) is 0 Å². The third-order valence-electron chi connectivity index (χ3n) is 2.23. The van der Waals surface area contributed by atoms with E-state index in [0.717, 1.165) is 6.42 Å². The minimum absolute atomic E-state index is 1.07. The summed E-state index contributed by atoms with van der Waals surface area (Å²) in [5.74, 6) is 0. The number of para-hydroxylation sites is 1. The van der Waals surface area contributed by atoms with Gasteiger partial charge in [-0.3, -0.25) is 0 Å². The Kier molecular flexibility index (Phi) is 2.17. The van der Waals surface area contributed by atoms with Gasteiger partial charge in [-0.2, -0.15) is 0 Å². The summed E-state index contributed by atoms with van der Waals surface area (Å²) in [6.45, 7) is 2.18. The second kappa shape index (κ2) is 3.48. The van der Waals surface area contributed by atoms with Gasteiger partial charge < -0.3 is 4.57 Å². The lowest BCUT2D eigenvalue weighted by Crippen LogP contribution is -1.96. The van der Waals surface area contributed by atoms with Gasteiger partial charge in [-0.1, -0.05) is 25.1 Å². The number of aromatic nitrogens is 1. The van der Waals surface area contributed by atoms with Gasteiger partial charge in [-0.05, 0) is 30.7 Å². The lowest BCUT2D eigenvalue weighted by Gasteiger charge is -2.06. The average Bonchev–Trinajstić information content (AvgIpc) is 2.67. The molecule has 1 heterocycles. The van der Waals surface area contributed by atoms with Crippen molar-refractivity contribution < 1.29 is 0 Å². The van der Waals surface area contributed by atoms with Crippen LogP contribution in [0.25, 0.3) is 5.69 Å². The normalized spacial score (nSPS) is 10.2. The first kappa shape index (κ1) is 8.11. The van der Waals surface area contributed by atoms with E-state index in [-0.39, 0.29) is 0 Å². The van der Waals surface area contributed by atoms with Gasteiger partial charge >= 0.3 is 0 Å². The molecule has 0 fully saturated rings. The van der Waals surface area contributed by atoms with E-state index in [2.05, 4.69) is 54.1 Å². The second-order valence-electron chi connectivity index (χ2n) is 3.06. The molecule has 1 aromatic heterocycles. The van der Waals surface area contributed by atoms with Crippen molar-refractivity contribution in [2.24, 2.45) is 0 Å². The van der Waals surface area contributed by atoms with E-state index in [0.29, 0.717) is 0 Å². The smallest absolute Gasteiger partial charge is 0.0452 e. The molecule has 0 atom stereocenters. The van der Waals surface area contributed by atoms with E-state index in [9.17, 15) is 0 Å². The van der Waals surface area contributed by atoms with E-state index in [4.69, 9.17) is 0 Å². The van der Waals surface area contributed by atoms with Crippen molar-refractivity contribution in [3.05, 3.63) is 54.4 Å². The van der Waals surface area contributed by atoms with Crippen LogP contribution in [-0.2, 0) is 6.42 Å². The van der Waals surface area contributed by atoms with E-state index in [1.807, 2.05) is 6.07 Å². The Bertz CT molecular complexity index is 373. The monoisotopic (exact) mass is 171 g/mol. The molecule has 0 saturated carbocycles. The Morgan fingerprint density at radius 2 is 1.77 bits per heavy atom. The van der Waals surface area contributed by atoms with Crippen LogP contribution < -0.4 is 0 Å². The van der Waals surface area contributed by atoms with Gasteiger partial charge in [0, 0.05) is 17.6 Å². The molecule has 0 aliphatic carbocycles. The molecule has 0 bridgehead atoms. The Balaban J connectivity index is 2.47.